The van der Waals surface area contributed by atoms with Crippen molar-refractivity contribution >= 4 is 57.2 Å². The van der Waals surface area contributed by atoms with Crippen molar-refractivity contribution in [2.45, 2.75) is 13.8 Å². The van der Waals surface area contributed by atoms with Gasteiger partial charge in [-0.25, -0.2) is 0 Å². The Morgan fingerprint density at radius 2 is 1.08 bits per heavy atom. The van der Waals surface area contributed by atoms with Crippen LogP contribution in [0.3, 0.4) is 0 Å². The van der Waals surface area contributed by atoms with Crippen LogP contribution in [0.25, 0.3) is 10.8 Å². The molecule has 0 unspecified atom stereocenters. The van der Waals surface area contributed by atoms with Crippen LogP contribution in [0.4, 0.5) is 11.4 Å². The molecule has 36 heavy (non-hydrogen) atoms. The number of benzene rings is 4. The number of carbonyl (C=O) groups excluding carboxylic acids is 2. The number of aryl methyl sites for hydroxylation is 2. The normalized spacial score (nSPS) is 10.7. The van der Waals surface area contributed by atoms with E-state index in [4.69, 9.17) is 32.7 Å². The molecule has 4 aromatic carbocycles. The Kier molecular flexibility index (Phi) is 7.98. The Balaban J connectivity index is 1.41. The van der Waals surface area contributed by atoms with Crippen molar-refractivity contribution in [3.63, 3.8) is 0 Å². The van der Waals surface area contributed by atoms with Gasteiger partial charge in [-0.2, -0.15) is 0 Å². The van der Waals surface area contributed by atoms with E-state index in [0.717, 1.165) is 21.9 Å². The largest absolute Gasteiger partial charge is 0.484 e. The van der Waals surface area contributed by atoms with E-state index in [-0.39, 0.29) is 25.0 Å². The molecule has 8 heteroatoms. The highest BCUT2D eigenvalue weighted by Crippen LogP contribution is 2.29. The average molecular weight is 523 g/mol. The summed E-state index contributed by atoms with van der Waals surface area (Å²) in [4.78, 5) is 25.1. The van der Waals surface area contributed by atoms with Gasteiger partial charge in [-0.3, -0.25) is 9.59 Å². The monoisotopic (exact) mass is 522 g/mol. The molecule has 0 aliphatic heterocycles. The summed E-state index contributed by atoms with van der Waals surface area (Å²) in [6.07, 6.45) is 0. The molecule has 0 saturated heterocycles. The van der Waals surface area contributed by atoms with Crippen LogP contribution in [-0.2, 0) is 9.59 Å². The molecule has 0 heterocycles. The van der Waals surface area contributed by atoms with Crippen LogP contribution >= 0.6 is 23.2 Å². The van der Waals surface area contributed by atoms with Gasteiger partial charge in [0.05, 0.1) is 0 Å². The molecule has 0 saturated carbocycles. The lowest BCUT2D eigenvalue weighted by atomic mass is 10.1. The quantitative estimate of drug-likeness (QED) is 0.266. The van der Waals surface area contributed by atoms with E-state index in [2.05, 4.69) is 10.6 Å². The van der Waals surface area contributed by atoms with Gasteiger partial charge in [-0.1, -0.05) is 47.5 Å². The second-order valence-corrected chi connectivity index (χ2v) is 9.02. The number of carbonyl (C=O) groups is 2. The highest BCUT2D eigenvalue weighted by molar-refractivity contribution is 6.31. The second-order valence-electron chi connectivity index (χ2n) is 8.20. The predicted octanol–water partition coefficient (Wildman–Crippen LogP) is 6.80. The van der Waals surface area contributed by atoms with E-state index in [1.807, 2.05) is 38.1 Å². The zero-order valence-corrected chi connectivity index (χ0v) is 21.2. The first-order valence-corrected chi connectivity index (χ1v) is 11.9. The molecule has 2 amide bonds. The number of ether oxygens (including phenoxy) is 2. The first-order chi connectivity index (χ1) is 17.3. The fourth-order valence-corrected chi connectivity index (χ4v) is 3.85. The van der Waals surface area contributed by atoms with Crippen LogP contribution in [-0.4, -0.2) is 25.0 Å². The Hall–Kier alpha value is -3.74. The number of fused-ring (bicyclic) bond motifs is 1. The number of hydrogen-bond acceptors (Lipinski definition) is 4. The minimum Gasteiger partial charge on any atom is -0.484 e. The number of anilines is 2. The van der Waals surface area contributed by atoms with Crippen LogP contribution in [0.5, 0.6) is 11.5 Å². The van der Waals surface area contributed by atoms with Crippen molar-refractivity contribution in [2.24, 2.45) is 0 Å². The Morgan fingerprint density at radius 1 is 0.667 bits per heavy atom. The van der Waals surface area contributed by atoms with Gasteiger partial charge < -0.3 is 20.1 Å². The second kappa shape index (κ2) is 11.3. The van der Waals surface area contributed by atoms with Crippen molar-refractivity contribution in [3.8, 4) is 11.5 Å². The summed E-state index contributed by atoms with van der Waals surface area (Å²) in [5, 5.41) is 8.59. The fourth-order valence-electron chi connectivity index (χ4n) is 3.61. The minimum atomic E-state index is -0.309. The van der Waals surface area contributed by atoms with Gasteiger partial charge in [0, 0.05) is 32.2 Å². The third-order valence-electron chi connectivity index (χ3n) is 5.47. The third-order valence-corrected chi connectivity index (χ3v) is 6.32. The summed E-state index contributed by atoms with van der Waals surface area (Å²) in [5.41, 5.74) is 2.95. The van der Waals surface area contributed by atoms with Gasteiger partial charge >= 0.3 is 0 Å². The van der Waals surface area contributed by atoms with Crippen LogP contribution in [0.2, 0.25) is 10.0 Å². The number of hydrogen-bond donors (Lipinski definition) is 2. The molecule has 0 spiro atoms. The van der Waals surface area contributed by atoms with Crippen LogP contribution < -0.4 is 20.1 Å². The lowest BCUT2D eigenvalue weighted by Crippen LogP contribution is -2.21. The molecule has 2 N–H and O–H groups in total. The van der Waals surface area contributed by atoms with E-state index < -0.39 is 0 Å². The summed E-state index contributed by atoms with van der Waals surface area (Å²) >= 11 is 12.1. The molecule has 6 nitrogen and oxygen atoms in total. The summed E-state index contributed by atoms with van der Waals surface area (Å²) < 4.78 is 11.2. The summed E-state index contributed by atoms with van der Waals surface area (Å²) in [7, 11) is 0. The molecule has 0 aliphatic carbocycles. The Morgan fingerprint density at radius 3 is 1.47 bits per heavy atom. The molecule has 0 radical (unpaired) electrons. The lowest BCUT2D eigenvalue weighted by molar-refractivity contribution is -0.118. The molecule has 0 bridgehead atoms. The van der Waals surface area contributed by atoms with E-state index >= 15 is 0 Å². The van der Waals surface area contributed by atoms with Crippen LogP contribution in [0.15, 0.2) is 72.8 Å². The SMILES string of the molecule is Cc1cc(OCC(=O)Nc2cccc3c(NC(=O)COc4ccc(Cl)c(C)c4)cccc23)ccc1Cl. The van der Waals surface area contributed by atoms with Crippen LogP contribution in [0, 0.1) is 13.8 Å². The van der Waals surface area contributed by atoms with Crippen molar-refractivity contribution in [1.82, 2.24) is 0 Å². The molecule has 0 atom stereocenters. The van der Waals surface area contributed by atoms with Gasteiger partial charge in [0.25, 0.3) is 11.8 Å². The number of rotatable bonds is 8. The predicted molar refractivity (Wildman–Crippen MR) is 145 cm³/mol. The molecule has 0 aromatic heterocycles. The molecule has 4 rings (SSSR count). The van der Waals surface area contributed by atoms with Crippen molar-refractivity contribution in [2.75, 3.05) is 23.8 Å². The maximum absolute atomic E-state index is 12.6. The maximum atomic E-state index is 12.6. The summed E-state index contributed by atoms with van der Waals surface area (Å²) in [6, 6.07) is 21.4. The highest BCUT2D eigenvalue weighted by Gasteiger charge is 2.12. The topological polar surface area (TPSA) is 76.7 Å². The van der Waals surface area contributed by atoms with Gasteiger partial charge in [0.1, 0.15) is 11.5 Å². The minimum absolute atomic E-state index is 0.157. The molecular weight excluding hydrogens is 499 g/mol. The lowest BCUT2D eigenvalue weighted by Gasteiger charge is -2.13. The van der Waals surface area contributed by atoms with E-state index in [0.29, 0.717) is 32.9 Å². The number of nitrogens with one attached hydrogen (secondary N) is 2. The van der Waals surface area contributed by atoms with Crippen molar-refractivity contribution in [1.29, 1.82) is 0 Å². The summed E-state index contributed by atoms with van der Waals surface area (Å²) in [5.74, 6) is 0.504. The number of amides is 2. The fraction of sp³-hybridized carbons (Fsp3) is 0.143. The summed E-state index contributed by atoms with van der Waals surface area (Å²) in [6.45, 7) is 3.42. The molecule has 0 fully saturated rings. The van der Waals surface area contributed by atoms with E-state index in [9.17, 15) is 9.59 Å². The van der Waals surface area contributed by atoms with Gasteiger partial charge in [0.15, 0.2) is 13.2 Å². The first kappa shape index (κ1) is 25.4. The Labute approximate surface area is 219 Å². The standard InChI is InChI=1S/C28H24Cl2N2O4/c1-17-13-19(9-11-23(17)29)35-15-27(33)31-25-7-3-6-22-21(25)5-4-8-26(22)32-28(34)16-36-20-10-12-24(30)18(2)14-20/h3-14H,15-16H2,1-2H3,(H,31,33)(H,32,34). The van der Waals surface area contributed by atoms with Crippen molar-refractivity contribution in [3.05, 3.63) is 94.0 Å². The average Bonchev–Trinajstić information content (AvgIpc) is 2.86. The molecule has 0 aliphatic rings. The van der Waals surface area contributed by atoms with Crippen molar-refractivity contribution < 1.29 is 19.1 Å². The zero-order valence-electron chi connectivity index (χ0n) is 19.7. The molecule has 4 aromatic rings. The number of halogens is 2. The maximum Gasteiger partial charge on any atom is 0.262 e. The third kappa shape index (κ3) is 6.27. The van der Waals surface area contributed by atoms with Gasteiger partial charge in [-0.15, -0.1) is 0 Å². The smallest absolute Gasteiger partial charge is 0.262 e. The van der Waals surface area contributed by atoms with Gasteiger partial charge in [-0.05, 0) is 73.5 Å². The molecule has 184 valence electrons. The highest BCUT2D eigenvalue weighted by atomic mass is 35.5. The first-order valence-electron chi connectivity index (χ1n) is 11.2. The van der Waals surface area contributed by atoms with E-state index in [1.54, 1.807) is 48.5 Å². The Bertz CT molecular complexity index is 1330. The zero-order chi connectivity index (χ0) is 25.7. The van der Waals surface area contributed by atoms with Crippen LogP contribution in [0.1, 0.15) is 11.1 Å². The van der Waals surface area contributed by atoms with E-state index in [1.165, 1.54) is 0 Å². The molecular formula is C28H24Cl2N2O4. The van der Waals surface area contributed by atoms with Gasteiger partial charge in [0.2, 0.25) is 0 Å².